The molecule has 34 heavy (non-hydrogen) atoms. The number of methoxy groups -OCH3 is 1. The maximum absolute atomic E-state index is 13.6. The number of aliphatic hydroxyl groups is 1. The van der Waals surface area contributed by atoms with Crippen molar-refractivity contribution >= 4 is 23.4 Å². The molecule has 3 rings (SSSR count). The van der Waals surface area contributed by atoms with E-state index in [4.69, 9.17) is 9.47 Å². The second kappa shape index (κ2) is 12.1. The van der Waals surface area contributed by atoms with Gasteiger partial charge in [0.05, 0.1) is 31.5 Å². The first-order valence-corrected chi connectivity index (χ1v) is 10.9. The molecule has 0 saturated carbocycles. The number of nitrogens with one attached hydrogen (secondary N) is 4. The van der Waals surface area contributed by atoms with Crippen molar-refractivity contribution in [2.45, 2.75) is 37.5 Å². The number of carbonyl (C=O) groups is 2. The maximum atomic E-state index is 13.6. The normalized spacial score (nSPS) is 19.7. The molecule has 184 valence electrons. The molecule has 1 aliphatic rings. The van der Waals surface area contributed by atoms with Crippen molar-refractivity contribution in [3.05, 3.63) is 54.1 Å². The molecule has 11 heteroatoms. The van der Waals surface area contributed by atoms with Crippen LogP contribution in [0.1, 0.15) is 19.3 Å². The topological polar surface area (TPSA) is 121 Å². The Hall–Kier alpha value is -3.44. The largest absolute Gasteiger partial charge is 0.497 e. The van der Waals surface area contributed by atoms with Gasteiger partial charge in [0.1, 0.15) is 23.5 Å². The fourth-order valence-corrected chi connectivity index (χ4v) is 3.63. The molecule has 0 unspecified atom stereocenters. The summed E-state index contributed by atoms with van der Waals surface area (Å²) in [6.07, 6.45) is 0.778. The number of aliphatic hydroxyl groups excluding tert-OH is 1. The summed E-state index contributed by atoms with van der Waals surface area (Å²) >= 11 is 0. The number of carbonyl (C=O) groups excluding carboxylic acids is 2. The Labute approximate surface area is 195 Å². The van der Waals surface area contributed by atoms with Gasteiger partial charge in [-0.05, 0) is 55.7 Å². The lowest BCUT2D eigenvalue weighted by Gasteiger charge is -2.36. The zero-order valence-corrected chi connectivity index (χ0v) is 18.6. The van der Waals surface area contributed by atoms with Crippen LogP contribution in [0.2, 0.25) is 0 Å². The van der Waals surface area contributed by atoms with Crippen molar-refractivity contribution in [1.82, 2.24) is 10.6 Å². The zero-order chi connectivity index (χ0) is 24.5. The number of benzene rings is 2. The molecule has 0 aliphatic carbocycles. The van der Waals surface area contributed by atoms with Gasteiger partial charge in [-0.2, -0.15) is 0 Å². The standard InChI is InChI=1S/C23H28F2N4O5/c1-33-16-5-3-15(4-6-16)27-23(32)28-19-9-7-17(34-21(19)13-30)10-11-26-22(31)29-20-12-14(24)2-8-18(20)25/h2-6,8,12,17,19,21,30H,7,9-11,13H2,1H3,(H2,26,29,31)(H2,27,28,32)/t17-,19-,21+/m1/s1. The van der Waals surface area contributed by atoms with E-state index in [1.54, 1.807) is 31.4 Å². The summed E-state index contributed by atoms with van der Waals surface area (Å²) in [5, 5.41) is 20.1. The van der Waals surface area contributed by atoms with Crippen LogP contribution in [-0.2, 0) is 4.74 Å². The summed E-state index contributed by atoms with van der Waals surface area (Å²) < 4.78 is 37.8. The molecular formula is C23H28F2N4O5. The van der Waals surface area contributed by atoms with Gasteiger partial charge in [-0.25, -0.2) is 18.4 Å². The van der Waals surface area contributed by atoms with Crippen molar-refractivity contribution in [2.75, 3.05) is 30.9 Å². The molecule has 2 aromatic rings. The number of urea groups is 2. The van der Waals surface area contributed by atoms with Gasteiger partial charge in [0, 0.05) is 18.3 Å². The second-order valence-corrected chi connectivity index (χ2v) is 7.78. The van der Waals surface area contributed by atoms with Gasteiger partial charge < -0.3 is 35.8 Å². The third kappa shape index (κ3) is 7.29. The molecule has 0 aromatic heterocycles. The Balaban J connectivity index is 1.40. The Morgan fingerprint density at radius 1 is 1.09 bits per heavy atom. The van der Waals surface area contributed by atoms with E-state index in [1.165, 1.54) is 0 Å². The summed E-state index contributed by atoms with van der Waals surface area (Å²) in [6, 6.07) is 8.18. The van der Waals surface area contributed by atoms with E-state index in [2.05, 4.69) is 21.3 Å². The molecule has 1 aliphatic heterocycles. The molecule has 0 radical (unpaired) electrons. The van der Waals surface area contributed by atoms with Crippen molar-refractivity contribution in [2.24, 2.45) is 0 Å². The molecule has 2 aromatic carbocycles. The predicted octanol–water partition coefficient (Wildman–Crippen LogP) is 3.22. The van der Waals surface area contributed by atoms with E-state index in [1.807, 2.05) is 0 Å². The smallest absolute Gasteiger partial charge is 0.319 e. The quantitative estimate of drug-likeness (QED) is 0.399. The molecule has 4 amide bonds. The number of amides is 4. The van der Waals surface area contributed by atoms with Crippen LogP contribution in [-0.4, -0.2) is 55.7 Å². The fraction of sp³-hybridized carbons (Fsp3) is 0.391. The van der Waals surface area contributed by atoms with Gasteiger partial charge in [0.15, 0.2) is 0 Å². The SMILES string of the molecule is COc1ccc(NC(=O)N[C@@H]2CC[C@H](CCNC(=O)Nc3cc(F)ccc3F)O[C@H]2CO)cc1. The van der Waals surface area contributed by atoms with Gasteiger partial charge in [-0.3, -0.25) is 0 Å². The highest BCUT2D eigenvalue weighted by atomic mass is 19.1. The number of hydrogen-bond acceptors (Lipinski definition) is 5. The summed E-state index contributed by atoms with van der Waals surface area (Å²) in [4.78, 5) is 24.3. The highest BCUT2D eigenvalue weighted by Crippen LogP contribution is 2.22. The number of halogens is 2. The Bertz CT molecular complexity index is 976. The Morgan fingerprint density at radius 2 is 1.85 bits per heavy atom. The van der Waals surface area contributed by atoms with Gasteiger partial charge in [0.25, 0.3) is 0 Å². The van der Waals surface area contributed by atoms with E-state index in [0.29, 0.717) is 30.7 Å². The van der Waals surface area contributed by atoms with Crippen LogP contribution in [0, 0.1) is 11.6 Å². The van der Waals surface area contributed by atoms with Crippen LogP contribution < -0.4 is 26.0 Å². The van der Waals surface area contributed by atoms with Crippen LogP contribution in [0.15, 0.2) is 42.5 Å². The minimum Gasteiger partial charge on any atom is -0.497 e. The molecule has 9 nitrogen and oxygen atoms in total. The van der Waals surface area contributed by atoms with Gasteiger partial charge in [0.2, 0.25) is 0 Å². The molecular weight excluding hydrogens is 450 g/mol. The number of ether oxygens (including phenoxy) is 2. The summed E-state index contributed by atoms with van der Waals surface area (Å²) in [5.74, 6) is -0.734. The van der Waals surface area contributed by atoms with E-state index in [9.17, 15) is 23.5 Å². The number of anilines is 2. The molecule has 3 atom stereocenters. The molecule has 0 bridgehead atoms. The van der Waals surface area contributed by atoms with Crippen molar-refractivity contribution < 1.29 is 33.0 Å². The fourth-order valence-electron chi connectivity index (χ4n) is 3.63. The highest BCUT2D eigenvalue weighted by molar-refractivity contribution is 5.90. The summed E-state index contributed by atoms with van der Waals surface area (Å²) in [6.45, 7) is -0.0572. The van der Waals surface area contributed by atoms with Crippen LogP contribution >= 0.6 is 0 Å². The lowest BCUT2D eigenvalue weighted by molar-refractivity contribution is -0.0885. The average Bonchev–Trinajstić information content (AvgIpc) is 2.82. The van der Waals surface area contributed by atoms with Gasteiger partial charge >= 0.3 is 12.1 Å². The summed E-state index contributed by atoms with van der Waals surface area (Å²) in [7, 11) is 1.56. The maximum Gasteiger partial charge on any atom is 0.319 e. The Kier molecular flexibility index (Phi) is 9.00. The van der Waals surface area contributed by atoms with Crippen LogP contribution in [0.4, 0.5) is 29.7 Å². The monoisotopic (exact) mass is 478 g/mol. The second-order valence-electron chi connectivity index (χ2n) is 7.78. The highest BCUT2D eigenvalue weighted by Gasteiger charge is 2.31. The Morgan fingerprint density at radius 3 is 2.56 bits per heavy atom. The zero-order valence-electron chi connectivity index (χ0n) is 18.6. The lowest BCUT2D eigenvalue weighted by atomic mass is 9.97. The minimum atomic E-state index is -0.743. The first kappa shape index (κ1) is 25.2. The third-order valence-electron chi connectivity index (χ3n) is 5.39. The first-order chi connectivity index (χ1) is 16.4. The molecule has 1 fully saturated rings. The van der Waals surface area contributed by atoms with Gasteiger partial charge in [-0.1, -0.05) is 0 Å². The lowest BCUT2D eigenvalue weighted by Crippen LogP contribution is -2.52. The summed E-state index contributed by atoms with van der Waals surface area (Å²) in [5.41, 5.74) is 0.338. The number of hydrogen-bond donors (Lipinski definition) is 5. The van der Waals surface area contributed by atoms with E-state index in [0.717, 1.165) is 18.2 Å². The minimum absolute atomic E-state index is 0.224. The number of rotatable bonds is 8. The third-order valence-corrected chi connectivity index (χ3v) is 5.39. The van der Waals surface area contributed by atoms with Crippen LogP contribution in [0.25, 0.3) is 0 Å². The first-order valence-electron chi connectivity index (χ1n) is 10.9. The van der Waals surface area contributed by atoms with Crippen LogP contribution in [0.3, 0.4) is 0 Å². The van der Waals surface area contributed by atoms with E-state index in [-0.39, 0.29) is 31.0 Å². The predicted molar refractivity (Wildman–Crippen MR) is 122 cm³/mol. The molecule has 1 heterocycles. The van der Waals surface area contributed by atoms with Crippen molar-refractivity contribution in [1.29, 1.82) is 0 Å². The average molecular weight is 478 g/mol. The van der Waals surface area contributed by atoms with E-state index >= 15 is 0 Å². The molecule has 1 saturated heterocycles. The van der Waals surface area contributed by atoms with Gasteiger partial charge in [-0.15, -0.1) is 0 Å². The van der Waals surface area contributed by atoms with Crippen molar-refractivity contribution in [3.8, 4) is 5.75 Å². The molecule has 5 N–H and O–H groups in total. The van der Waals surface area contributed by atoms with Crippen LogP contribution in [0.5, 0.6) is 5.75 Å². The molecule has 0 spiro atoms. The van der Waals surface area contributed by atoms with E-state index < -0.39 is 29.8 Å². The van der Waals surface area contributed by atoms with Crippen molar-refractivity contribution in [3.63, 3.8) is 0 Å².